The van der Waals surface area contributed by atoms with E-state index in [1.807, 2.05) is 60.5 Å². The second-order valence-electron chi connectivity index (χ2n) is 6.29. The Bertz CT molecular complexity index is 760. The van der Waals surface area contributed by atoms with Crippen LogP contribution in [-0.4, -0.2) is 55.1 Å². The van der Waals surface area contributed by atoms with E-state index < -0.39 is 0 Å². The Labute approximate surface area is 173 Å². The van der Waals surface area contributed by atoms with E-state index >= 15 is 0 Å². The summed E-state index contributed by atoms with van der Waals surface area (Å²) in [5.41, 5.74) is 1.01. The van der Waals surface area contributed by atoms with Crippen molar-refractivity contribution in [1.82, 2.24) is 9.88 Å². The van der Waals surface area contributed by atoms with Gasteiger partial charge < -0.3 is 14.8 Å². The van der Waals surface area contributed by atoms with E-state index in [0.29, 0.717) is 13.1 Å². The molecule has 1 N–H and O–H groups in total. The molecule has 2 heterocycles. The molecule has 1 saturated heterocycles. The molecule has 7 nitrogen and oxygen atoms in total. The molecular formula is C20H24BrN3O4. The monoisotopic (exact) mass is 449 g/mol. The first-order valence-corrected chi connectivity index (χ1v) is 9.59. The van der Waals surface area contributed by atoms with Crippen LogP contribution in [0.2, 0.25) is 0 Å². The molecule has 1 aliphatic rings. The number of rotatable bonds is 6. The van der Waals surface area contributed by atoms with E-state index in [9.17, 15) is 9.59 Å². The number of hydrogen-bond acceptors (Lipinski definition) is 7. The normalized spacial score (nSPS) is 18.5. The summed E-state index contributed by atoms with van der Waals surface area (Å²) in [4.78, 5) is 27.6. The van der Waals surface area contributed by atoms with E-state index in [0.717, 1.165) is 29.0 Å². The third-order valence-corrected chi connectivity index (χ3v) is 4.69. The summed E-state index contributed by atoms with van der Waals surface area (Å²) < 4.78 is 10.1. The van der Waals surface area contributed by atoms with Crippen molar-refractivity contribution in [3.8, 4) is 0 Å². The molecule has 150 valence electrons. The predicted molar refractivity (Wildman–Crippen MR) is 110 cm³/mol. The number of likely N-dealkylation sites (N-methyl/N-ethyl adjacent to an activating group) is 1. The highest BCUT2D eigenvalue weighted by Crippen LogP contribution is 2.20. The van der Waals surface area contributed by atoms with E-state index in [1.165, 1.54) is 7.11 Å². The summed E-state index contributed by atoms with van der Waals surface area (Å²) in [5, 5.41) is 3.33. The van der Waals surface area contributed by atoms with Gasteiger partial charge in [-0.25, -0.2) is 4.98 Å². The molecule has 0 saturated carbocycles. The summed E-state index contributed by atoms with van der Waals surface area (Å²) in [6.45, 7) is 1.62. The average molecular weight is 450 g/mol. The van der Waals surface area contributed by atoms with Gasteiger partial charge in [0.1, 0.15) is 23.1 Å². The van der Waals surface area contributed by atoms with Crippen LogP contribution in [-0.2, 0) is 25.7 Å². The standard InChI is InChI=1S/C12H16BrN3O2.C8H8O2/c1-16-7-8(6-9(16)12(17)18-2)14-11-5-3-4-10(13)15-11;9-7-10-6-8-4-2-1-3-5-8/h3-5,8-9H,6-7H2,1-2H3,(H,14,15);1-5,7H,6H2. The van der Waals surface area contributed by atoms with E-state index in [2.05, 4.69) is 31.0 Å². The van der Waals surface area contributed by atoms with Gasteiger partial charge >= 0.3 is 5.97 Å². The Morgan fingerprint density at radius 2 is 2.04 bits per heavy atom. The van der Waals surface area contributed by atoms with Gasteiger partial charge in [-0.05, 0) is 47.1 Å². The number of pyridine rings is 1. The van der Waals surface area contributed by atoms with Gasteiger partial charge in [-0.15, -0.1) is 0 Å². The fourth-order valence-electron chi connectivity index (χ4n) is 2.92. The number of halogens is 1. The quantitative estimate of drug-likeness (QED) is 0.412. The van der Waals surface area contributed by atoms with Gasteiger partial charge in [-0.3, -0.25) is 14.5 Å². The van der Waals surface area contributed by atoms with Crippen molar-refractivity contribution in [3.63, 3.8) is 0 Å². The molecule has 3 rings (SSSR count). The molecule has 1 aliphatic heterocycles. The van der Waals surface area contributed by atoms with Crippen molar-refractivity contribution in [2.24, 2.45) is 0 Å². The van der Waals surface area contributed by atoms with Crippen LogP contribution in [0.1, 0.15) is 12.0 Å². The maximum absolute atomic E-state index is 11.6. The van der Waals surface area contributed by atoms with Crippen LogP contribution in [0.3, 0.4) is 0 Å². The molecule has 28 heavy (non-hydrogen) atoms. The van der Waals surface area contributed by atoms with E-state index in [-0.39, 0.29) is 18.1 Å². The Morgan fingerprint density at radius 3 is 2.68 bits per heavy atom. The van der Waals surface area contributed by atoms with Crippen molar-refractivity contribution in [2.45, 2.75) is 25.1 Å². The fourth-order valence-corrected chi connectivity index (χ4v) is 3.26. The van der Waals surface area contributed by atoms with Gasteiger partial charge in [0.15, 0.2) is 0 Å². The Morgan fingerprint density at radius 1 is 1.29 bits per heavy atom. The molecule has 2 atom stereocenters. The van der Waals surface area contributed by atoms with Gasteiger partial charge in [0, 0.05) is 12.6 Å². The number of hydrogen-bond donors (Lipinski definition) is 1. The third-order valence-electron chi connectivity index (χ3n) is 4.25. The number of carbonyl (C=O) groups is 2. The van der Waals surface area contributed by atoms with Crippen LogP contribution < -0.4 is 5.32 Å². The molecule has 1 aromatic heterocycles. The second-order valence-corrected chi connectivity index (χ2v) is 7.11. The van der Waals surface area contributed by atoms with Gasteiger partial charge in [0.05, 0.1) is 7.11 Å². The molecule has 0 spiro atoms. The van der Waals surface area contributed by atoms with Gasteiger partial charge in [0.25, 0.3) is 6.47 Å². The number of likely N-dealkylation sites (tertiary alicyclic amines) is 1. The number of aromatic nitrogens is 1. The highest BCUT2D eigenvalue weighted by molar-refractivity contribution is 9.10. The Kier molecular flexibility index (Phi) is 8.90. The van der Waals surface area contributed by atoms with Crippen LogP contribution in [0.25, 0.3) is 0 Å². The SMILES string of the molecule is COC(=O)C1CC(Nc2cccc(Br)n2)CN1C.O=COCc1ccccc1. The summed E-state index contributed by atoms with van der Waals surface area (Å²) in [5.74, 6) is 0.636. The first-order chi connectivity index (χ1) is 13.5. The first-order valence-electron chi connectivity index (χ1n) is 8.79. The summed E-state index contributed by atoms with van der Waals surface area (Å²) in [6, 6.07) is 15.3. The van der Waals surface area contributed by atoms with E-state index in [1.54, 1.807) is 0 Å². The van der Waals surface area contributed by atoms with Crippen molar-refractivity contribution in [1.29, 1.82) is 0 Å². The van der Waals surface area contributed by atoms with Gasteiger partial charge in [-0.1, -0.05) is 36.4 Å². The second kappa shape index (κ2) is 11.4. The minimum absolute atomic E-state index is 0.167. The van der Waals surface area contributed by atoms with Gasteiger partial charge in [0.2, 0.25) is 0 Å². The number of methoxy groups -OCH3 is 1. The van der Waals surface area contributed by atoms with Crippen molar-refractivity contribution in [2.75, 3.05) is 26.0 Å². The zero-order valence-electron chi connectivity index (χ0n) is 15.9. The Balaban J connectivity index is 0.000000237. The summed E-state index contributed by atoms with van der Waals surface area (Å²) in [7, 11) is 3.35. The number of ether oxygens (including phenoxy) is 2. The van der Waals surface area contributed by atoms with Crippen molar-refractivity contribution < 1.29 is 19.1 Å². The molecular weight excluding hydrogens is 426 g/mol. The first kappa shape index (κ1) is 21.8. The maximum atomic E-state index is 11.6. The van der Waals surface area contributed by atoms with Crippen LogP contribution in [0.4, 0.5) is 5.82 Å². The molecule has 0 aliphatic carbocycles. The van der Waals surface area contributed by atoms with Gasteiger partial charge in [-0.2, -0.15) is 0 Å². The lowest BCUT2D eigenvalue weighted by atomic mass is 10.1. The number of nitrogens with zero attached hydrogens (tertiary/aromatic N) is 2. The summed E-state index contributed by atoms with van der Waals surface area (Å²) in [6.07, 6.45) is 0.733. The third kappa shape index (κ3) is 6.94. The van der Waals surface area contributed by atoms with Crippen LogP contribution >= 0.6 is 15.9 Å². The molecule has 0 radical (unpaired) electrons. The number of nitrogens with one attached hydrogen (secondary N) is 1. The number of anilines is 1. The fraction of sp³-hybridized carbons (Fsp3) is 0.350. The zero-order chi connectivity index (χ0) is 20.4. The minimum Gasteiger partial charge on any atom is -0.468 e. The summed E-state index contributed by atoms with van der Waals surface area (Å²) >= 11 is 3.33. The smallest absolute Gasteiger partial charge is 0.323 e. The van der Waals surface area contributed by atoms with Crippen LogP contribution in [0.5, 0.6) is 0 Å². The largest absolute Gasteiger partial charge is 0.468 e. The topological polar surface area (TPSA) is 80.8 Å². The molecule has 0 amide bonds. The van der Waals surface area contributed by atoms with Crippen LogP contribution in [0.15, 0.2) is 53.1 Å². The molecule has 8 heteroatoms. The highest BCUT2D eigenvalue weighted by Gasteiger charge is 2.35. The maximum Gasteiger partial charge on any atom is 0.323 e. The lowest BCUT2D eigenvalue weighted by Crippen LogP contribution is -2.33. The number of carbonyl (C=O) groups excluding carboxylic acids is 2. The molecule has 2 unspecified atom stereocenters. The molecule has 1 fully saturated rings. The minimum atomic E-state index is -0.177. The lowest BCUT2D eigenvalue weighted by Gasteiger charge is -2.15. The van der Waals surface area contributed by atoms with Crippen LogP contribution in [0, 0.1) is 0 Å². The molecule has 2 aromatic rings. The molecule has 0 bridgehead atoms. The molecule has 1 aromatic carbocycles. The van der Waals surface area contributed by atoms with Crippen molar-refractivity contribution >= 4 is 34.2 Å². The average Bonchev–Trinajstić information content (AvgIpc) is 3.07. The number of benzene rings is 1. The Hall–Kier alpha value is -2.45. The van der Waals surface area contributed by atoms with Crippen molar-refractivity contribution in [3.05, 3.63) is 58.7 Å². The highest BCUT2D eigenvalue weighted by atomic mass is 79.9. The van der Waals surface area contributed by atoms with E-state index in [4.69, 9.17) is 4.74 Å². The zero-order valence-corrected chi connectivity index (χ0v) is 17.5. The predicted octanol–water partition coefficient (Wildman–Crippen LogP) is 2.86. The number of esters is 1. The lowest BCUT2D eigenvalue weighted by molar-refractivity contribution is -0.145.